The van der Waals surface area contributed by atoms with Crippen LogP contribution >= 0.6 is 0 Å². The first-order valence-corrected chi connectivity index (χ1v) is 8.15. The zero-order valence-corrected chi connectivity index (χ0v) is 14.4. The largest absolute Gasteiger partial charge is 0.369 e. The van der Waals surface area contributed by atoms with Crippen molar-refractivity contribution >= 4 is 0 Å². The molecule has 0 aromatic rings. The average Bonchev–Trinajstić information content (AvgIpc) is 2.71. The van der Waals surface area contributed by atoms with Gasteiger partial charge in [-0.2, -0.15) is 0 Å². The highest BCUT2D eigenvalue weighted by molar-refractivity contribution is 5.05. The quantitative estimate of drug-likeness (QED) is 0.744. The zero-order chi connectivity index (χ0) is 15.6. The van der Waals surface area contributed by atoms with Gasteiger partial charge in [-0.05, 0) is 39.5 Å². The van der Waals surface area contributed by atoms with E-state index in [1.807, 2.05) is 13.8 Å². The van der Waals surface area contributed by atoms with Gasteiger partial charge in [-0.25, -0.2) is 0 Å². The SMILES string of the molecule is CC(C)(C)CC1OC2CC(C)(C)OC2C2OC(C)(C)OC12. The van der Waals surface area contributed by atoms with E-state index in [2.05, 4.69) is 34.6 Å². The minimum absolute atomic E-state index is 0.0111. The first kappa shape index (κ1) is 15.7. The summed E-state index contributed by atoms with van der Waals surface area (Å²) in [5.41, 5.74) is 0.0553. The van der Waals surface area contributed by atoms with E-state index in [-0.39, 0.29) is 41.5 Å². The van der Waals surface area contributed by atoms with Crippen LogP contribution in [0.25, 0.3) is 0 Å². The van der Waals surface area contributed by atoms with E-state index in [4.69, 9.17) is 18.9 Å². The highest BCUT2D eigenvalue weighted by atomic mass is 16.8. The van der Waals surface area contributed by atoms with Gasteiger partial charge < -0.3 is 18.9 Å². The van der Waals surface area contributed by atoms with Crippen LogP contribution in [0.5, 0.6) is 0 Å². The fraction of sp³-hybridized carbons (Fsp3) is 1.00. The molecule has 122 valence electrons. The molecule has 0 aliphatic carbocycles. The second kappa shape index (κ2) is 4.67. The molecule has 0 bridgehead atoms. The summed E-state index contributed by atoms with van der Waals surface area (Å²) < 4.78 is 24.9. The second-order valence-electron chi connectivity index (χ2n) is 9.09. The van der Waals surface area contributed by atoms with Crippen molar-refractivity contribution in [2.75, 3.05) is 0 Å². The van der Waals surface area contributed by atoms with Gasteiger partial charge in [-0.15, -0.1) is 0 Å². The van der Waals surface area contributed by atoms with Gasteiger partial charge in [-0.3, -0.25) is 0 Å². The molecule has 0 aromatic heterocycles. The van der Waals surface area contributed by atoms with Crippen LogP contribution in [0.2, 0.25) is 0 Å². The van der Waals surface area contributed by atoms with Gasteiger partial charge in [0.15, 0.2) is 5.79 Å². The Balaban J connectivity index is 1.85. The lowest BCUT2D eigenvalue weighted by molar-refractivity contribution is -0.185. The summed E-state index contributed by atoms with van der Waals surface area (Å²) in [5, 5.41) is 0. The van der Waals surface area contributed by atoms with Crippen LogP contribution in [0.3, 0.4) is 0 Å². The number of rotatable bonds is 1. The maximum atomic E-state index is 6.40. The highest BCUT2D eigenvalue weighted by Crippen LogP contribution is 2.47. The van der Waals surface area contributed by atoms with Gasteiger partial charge in [0.1, 0.15) is 18.3 Å². The van der Waals surface area contributed by atoms with Gasteiger partial charge in [0.05, 0.1) is 17.8 Å². The van der Waals surface area contributed by atoms with E-state index in [9.17, 15) is 0 Å². The van der Waals surface area contributed by atoms with Crippen LogP contribution in [-0.4, -0.2) is 41.9 Å². The summed E-state index contributed by atoms with van der Waals surface area (Å²) in [5.74, 6) is -0.556. The maximum Gasteiger partial charge on any atom is 0.164 e. The standard InChI is InChI=1S/C17H30O4/c1-15(2,3)8-10-13-14(21-17(6,7)20-13)12-11(18-10)9-16(4,5)19-12/h10-14H,8-9H2,1-7H3. The third kappa shape index (κ3) is 3.14. The summed E-state index contributed by atoms with van der Waals surface area (Å²) in [6, 6.07) is 0. The first-order valence-electron chi connectivity index (χ1n) is 8.15. The Kier molecular flexibility index (Phi) is 3.50. The topological polar surface area (TPSA) is 36.9 Å². The van der Waals surface area contributed by atoms with Crippen molar-refractivity contribution in [3.63, 3.8) is 0 Å². The van der Waals surface area contributed by atoms with Crippen LogP contribution in [0, 0.1) is 5.41 Å². The maximum absolute atomic E-state index is 6.40. The lowest BCUT2D eigenvalue weighted by Crippen LogP contribution is -2.55. The number of hydrogen-bond acceptors (Lipinski definition) is 4. The first-order chi connectivity index (χ1) is 9.46. The van der Waals surface area contributed by atoms with E-state index in [0.29, 0.717) is 0 Å². The smallest absolute Gasteiger partial charge is 0.164 e. The van der Waals surface area contributed by atoms with E-state index in [0.717, 1.165) is 12.8 Å². The Morgan fingerprint density at radius 3 is 2.14 bits per heavy atom. The van der Waals surface area contributed by atoms with E-state index >= 15 is 0 Å². The van der Waals surface area contributed by atoms with Crippen LogP contribution < -0.4 is 0 Å². The number of hydrogen-bond donors (Lipinski definition) is 0. The van der Waals surface area contributed by atoms with Crippen molar-refractivity contribution in [1.82, 2.24) is 0 Å². The fourth-order valence-electron chi connectivity index (χ4n) is 3.93. The third-order valence-electron chi connectivity index (χ3n) is 4.53. The van der Waals surface area contributed by atoms with E-state index in [1.54, 1.807) is 0 Å². The molecule has 0 amide bonds. The van der Waals surface area contributed by atoms with Crippen LogP contribution in [-0.2, 0) is 18.9 Å². The molecule has 3 fully saturated rings. The molecule has 5 unspecified atom stereocenters. The fourth-order valence-corrected chi connectivity index (χ4v) is 3.93. The van der Waals surface area contributed by atoms with Gasteiger partial charge in [0.25, 0.3) is 0 Å². The molecular formula is C17H30O4. The Hall–Kier alpha value is -0.160. The Bertz CT molecular complexity index is 410. The van der Waals surface area contributed by atoms with Crippen molar-refractivity contribution in [3.05, 3.63) is 0 Å². The Morgan fingerprint density at radius 1 is 0.905 bits per heavy atom. The van der Waals surface area contributed by atoms with Crippen molar-refractivity contribution in [3.8, 4) is 0 Å². The Morgan fingerprint density at radius 2 is 1.52 bits per heavy atom. The molecular weight excluding hydrogens is 268 g/mol. The van der Waals surface area contributed by atoms with Crippen LogP contribution in [0.4, 0.5) is 0 Å². The predicted molar refractivity (Wildman–Crippen MR) is 80.1 cm³/mol. The molecule has 0 aromatic carbocycles. The normalized spacial score (nSPS) is 44.4. The lowest BCUT2D eigenvalue weighted by atomic mass is 9.83. The van der Waals surface area contributed by atoms with Crippen LogP contribution in [0.15, 0.2) is 0 Å². The summed E-state index contributed by atoms with van der Waals surface area (Å²) in [4.78, 5) is 0. The monoisotopic (exact) mass is 298 g/mol. The molecule has 3 aliphatic rings. The molecule has 0 saturated carbocycles. The predicted octanol–water partition coefficient (Wildman–Crippen LogP) is 3.28. The summed E-state index contributed by atoms with van der Waals surface area (Å²) in [6.07, 6.45) is 2.02. The summed E-state index contributed by atoms with van der Waals surface area (Å²) >= 11 is 0. The molecule has 3 rings (SSSR count). The molecule has 0 radical (unpaired) electrons. The lowest BCUT2D eigenvalue weighted by Gasteiger charge is -2.40. The Labute approximate surface area is 128 Å². The van der Waals surface area contributed by atoms with E-state index in [1.165, 1.54) is 0 Å². The average molecular weight is 298 g/mol. The summed E-state index contributed by atoms with van der Waals surface area (Å²) in [6.45, 7) is 14.9. The van der Waals surface area contributed by atoms with E-state index < -0.39 is 5.79 Å². The summed E-state index contributed by atoms with van der Waals surface area (Å²) in [7, 11) is 0. The van der Waals surface area contributed by atoms with Crippen molar-refractivity contribution < 1.29 is 18.9 Å². The molecule has 5 atom stereocenters. The molecule has 0 N–H and O–H groups in total. The molecule has 0 spiro atoms. The minimum atomic E-state index is -0.556. The molecule has 4 heteroatoms. The van der Waals surface area contributed by atoms with Gasteiger partial charge in [0.2, 0.25) is 0 Å². The van der Waals surface area contributed by atoms with Gasteiger partial charge >= 0.3 is 0 Å². The van der Waals surface area contributed by atoms with Crippen molar-refractivity contribution in [2.24, 2.45) is 5.41 Å². The molecule has 3 heterocycles. The second-order valence-corrected chi connectivity index (χ2v) is 9.09. The van der Waals surface area contributed by atoms with Crippen molar-refractivity contribution in [1.29, 1.82) is 0 Å². The highest BCUT2D eigenvalue weighted by Gasteiger charge is 2.59. The van der Waals surface area contributed by atoms with Crippen molar-refractivity contribution in [2.45, 2.75) is 103 Å². The van der Waals surface area contributed by atoms with Gasteiger partial charge in [-0.1, -0.05) is 20.8 Å². The molecule has 4 nitrogen and oxygen atoms in total. The number of ether oxygens (including phenoxy) is 4. The van der Waals surface area contributed by atoms with Crippen LogP contribution in [0.1, 0.15) is 61.3 Å². The number of fused-ring (bicyclic) bond motifs is 3. The third-order valence-corrected chi connectivity index (χ3v) is 4.53. The molecule has 3 aliphatic heterocycles. The van der Waals surface area contributed by atoms with Gasteiger partial charge in [0, 0.05) is 6.42 Å². The minimum Gasteiger partial charge on any atom is -0.369 e. The molecule has 21 heavy (non-hydrogen) atoms. The molecule has 3 saturated heterocycles. The zero-order valence-electron chi connectivity index (χ0n) is 14.4.